The largest absolute Gasteiger partial charge is 0.433 e. The van der Waals surface area contributed by atoms with E-state index in [1.54, 1.807) is 12.1 Å². The smallest absolute Gasteiger partial charge is 0.404 e. The van der Waals surface area contributed by atoms with Crippen LogP contribution in [0.25, 0.3) is 0 Å². The lowest BCUT2D eigenvalue weighted by atomic mass is 10.3. The van der Waals surface area contributed by atoms with Crippen molar-refractivity contribution >= 4 is 50.7 Å². The van der Waals surface area contributed by atoms with Gasteiger partial charge >= 0.3 is 5.88 Å². The Balaban J connectivity index is 2.10. The van der Waals surface area contributed by atoms with Gasteiger partial charge in [-0.1, -0.05) is 23.2 Å². The molecular weight excluding hydrogens is 359 g/mol. The van der Waals surface area contributed by atoms with Crippen molar-refractivity contribution in [2.45, 2.75) is 6.54 Å². The van der Waals surface area contributed by atoms with Gasteiger partial charge in [-0.3, -0.25) is 10.1 Å². The molecule has 19 heavy (non-hydrogen) atoms. The van der Waals surface area contributed by atoms with Crippen molar-refractivity contribution in [2.24, 2.45) is 0 Å². The first-order valence-electron chi connectivity index (χ1n) is 5.09. The van der Waals surface area contributed by atoms with Crippen molar-refractivity contribution in [1.82, 2.24) is 0 Å². The van der Waals surface area contributed by atoms with Gasteiger partial charge in [0, 0.05) is 4.47 Å². The van der Waals surface area contributed by atoms with Crippen LogP contribution in [-0.2, 0) is 6.54 Å². The number of rotatable bonds is 4. The highest BCUT2D eigenvalue weighted by molar-refractivity contribution is 9.10. The molecule has 1 aromatic carbocycles. The number of benzene rings is 1. The second kappa shape index (κ2) is 5.81. The third kappa shape index (κ3) is 3.20. The predicted octanol–water partition coefficient (Wildman–Crippen LogP) is 4.87. The van der Waals surface area contributed by atoms with Crippen LogP contribution in [-0.4, -0.2) is 4.92 Å². The lowest BCUT2D eigenvalue weighted by molar-refractivity contribution is -0.402. The van der Waals surface area contributed by atoms with Gasteiger partial charge in [0.2, 0.25) is 0 Å². The number of halogens is 3. The van der Waals surface area contributed by atoms with E-state index in [1.165, 1.54) is 12.1 Å². The van der Waals surface area contributed by atoms with E-state index in [9.17, 15) is 10.1 Å². The van der Waals surface area contributed by atoms with E-state index in [4.69, 9.17) is 27.6 Å². The first-order valence-corrected chi connectivity index (χ1v) is 6.64. The molecular formula is C11H7BrCl2N2O3. The molecule has 0 atom stereocenters. The first kappa shape index (κ1) is 14.2. The van der Waals surface area contributed by atoms with Gasteiger partial charge in [0.25, 0.3) is 0 Å². The molecule has 100 valence electrons. The Morgan fingerprint density at radius 3 is 2.63 bits per heavy atom. The second-order valence-corrected chi connectivity index (χ2v) is 5.18. The maximum atomic E-state index is 10.5. The summed E-state index contributed by atoms with van der Waals surface area (Å²) in [6.07, 6.45) is 0. The van der Waals surface area contributed by atoms with Crippen molar-refractivity contribution in [1.29, 1.82) is 0 Å². The number of hydrogen-bond donors (Lipinski definition) is 1. The highest BCUT2D eigenvalue weighted by atomic mass is 79.9. The van der Waals surface area contributed by atoms with Crippen molar-refractivity contribution in [3.05, 3.63) is 54.7 Å². The van der Waals surface area contributed by atoms with Gasteiger partial charge in [-0.15, -0.1) is 0 Å². The molecule has 0 bridgehead atoms. The fourth-order valence-electron chi connectivity index (χ4n) is 1.40. The molecule has 0 aliphatic rings. The number of nitro groups is 1. The minimum Gasteiger partial charge on any atom is -0.404 e. The summed E-state index contributed by atoms with van der Waals surface area (Å²) in [5, 5.41) is 14.2. The maximum absolute atomic E-state index is 10.5. The summed E-state index contributed by atoms with van der Waals surface area (Å²) in [4.78, 5) is 9.88. The summed E-state index contributed by atoms with van der Waals surface area (Å²) >= 11 is 15.3. The highest BCUT2D eigenvalue weighted by Gasteiger charge is 2.13. The van der Waals surface area contributed by atoms with Crippen LogP contribution in [0, 0.1) is 10.1 Å². The molecule has 0 spiro atoms. The number of nitrogens with zero attached hydrogens (tertiary/aromatic N) is 1. The lowest BCUT2D eigenvalue weighted by Gasteiger charge is -2.08. The molecule has 0 unspecified atom stereocenters. The zero-order valence-corrected chi connectivity index (χ0v) is 12.4. The predicted molar refractivity (Wildman–Crippen MR) is 76.9 cm³/mol. The summed E-state index contributed by atoms with van der Waals surface area (Å²) < 4.78 is 5.71. The zero-order valence-electron chi connectivity index (χ0n) is 9.32. The Bertz CT molecular complexity index is 630. The Hall–Kier alpha value is -1.24. The molecule has 0 aliphatic heterocycles. The zero-order chi connectivity index (χ0) is 14.0. The molecule has 0 fully saturated rings. The molecule has 1 aromatic heterocycles. The summed E-state index contributed by atoms with van der Waals surface area (Å²) in [6, 6.07) is 6.32. The van der Waals surface area contributed by atoms with Crippen LogP contribution in [0.3, 0.4) is 0 Å². The van der Waals surface area contributed by atoms with Crippen LogP contribution in [0.15, 0.2) is 33.2 Å². The summed E-state index contributed by atoms with van der Waals surface area (Å²) in [5.41, 5.74) is 0.619. The average Bonchev–Trinajstić information content (AvgIpc) is 2.84. The van der Waals surface area contributed by atoms with E-state index in [-0.39, 0.29) is 12.4 Å². The molecule has 1 N–H and O–H groups in total. The van der Waals surface area contributed by atoms with Crippen molar-refractivity contribution in [3.63, 3.8) is 0 Å². The van der Waals surface area contributed by atoms with E-state index < -0.39 is 4.92 Å². The Labute approximate surface area is 126 Å². The normalized spacial score (nSPS) is 10.5. The number of furan rings is 1. The van der Waals surface area contributed by atoms with Gasteiger partial charge in [-0.25, -0.2) is 0 Å². The van der Waals surface area contributed by atoms with Gasteiger partial charge in [0.1, 0.15) is 10.7 Å². The lowest BCUT2D eigenvalue weighted by Crippen LogP contribution is -1.99. The average molecular weight is 366 g/mol. The fraction of sp³-hybridized carbons (Fsp3) is 0.0909. The van der Waals surface area contributed by atoms with Crippen LogP contribution >= 0.6 is 39.1 Å². The quantitative estimate of drug-likeness (QED) is 0.476. The molecule has 2 rings (SSSR count). The van der Waals surface area contributed by atoms with Crippen molar-refractivity contribution in [3.8, 4) is 0 Å². The second-order valence-electron chi connectivity index (χ2n) is 3.57. The molecule has 5 nitrogen and oxygen atoms in total. The molecule has 0 saturated carbocycles. The van der Waals surface area contributed by atoms with Gasteiger partial charge < -0.3 is 9.73 Å². The van der Waals surface area contributed by atoms with E-state index in [0.29, 0.717) is 26.0 Å². The van der Waals surface area contributed by atoms with Crippen LogP contribution in [0.2, 0.25) is 10.0 Å². The molecule has 8 heteroatoms. The van der Waals surface area contributed by atoms with Gasteiger partial charge in [-0.05, 0) is 34.1 Å². The maximum Gasteiger partial charge on any atom is 0.433 e. The first-order chi connectivity index (χ1) is 8.99. The fourth-order valence-corrected chi connectivity index (χ4v) is 2.25. The van der Waals surface area contributed by atoms with Gasteiger partial charge in [-0.2, -0.15) is 0 Å². The Morgan fingerprint density at radius 2 is 2.00 bits per heavy atom. The minimum atomic E-state index is -0.590. The molecule has 0 radical (unpaired) electrons. The third-order valence-electron chi connectivity index (χ3n) is 2.32. The van der Waals surface area contributed by atoms with Crippen LogP contribution < -0.4 is 5.32 Å². The van der Waals surface area contributed by atoms with E-state index in [1.807, 2.05) is 0 Å². The molecule has 0 aliphatic carbocycles. The standard InChI is InChI=1S/C11H7BrCl2N2O3/c12-7-2-3-8(11(14)10(7)13)15-5-6-1-4-9(19-6)16(17)18/h1-4,15H,5H2. The summed E-state index contributed by atoms with van der Waals surface area (Å²) in [7, 11) is 0. The SMILES string of the molecule is O=[N+]([O-])c1ccc(CNc2ccc(Br)c(Cl)c2Cl)o1. The van der Waals surface area contributed by atoms with E-state index in [0.717, 1.165) is 0 Å². The monoisotopic (exact) mass is 364 g/mol. The summed E-state index contributed by atoms with van der Waals surface area (Å²) in [6.45, 7) is 0.269. The van der Waals surface area contributed by atoms with E-state index >= 15 is 0 Å². The van der Waals surface area contributed by atoms with Crippen LogP contribution in [0.4, 0.5) is 11.6 Å². The van der Waals surface area contributed by atoms with Crippen LogP contribution in [0.5, 0.6) is 0 Å². The minimum absolute atomic E-state index is 0.269. The number of nitrogens with one attached hydrogen (secondary N) is 1. The third-order valence-corrected chi connectivity index (χ3v) is 4.09. The van der Waals surface area contributed by atoms with Gasteiger partial charge in [0.15, 0.2) is 0 Å². The molecule has 0 amide bonds. The number of hydrogen-bond acceptors (Lipinski definition) is 4. The Morgan fingerprint density at radius 1 is 1.26 bits per heavy atom. The topological polar surface area (TPSA) is 68.3 Å². The Kier molecular flexibility index (Phi) is 4.34. The van der Waals surface area contributed by atoms with Gasteiger partial charge in [0.05, 0.1) is 28.3 Å². The molecule has 2 aromatic rings. The number of anilines is 1. The van der Waals surface area contributed by atoms with E-state index in [2.05, 4.69) is 21.2 Å². The highest BCUT2D eigenvalue weighted by Crippen LogP contribution is 2.36. The van der Waals surface area contributed by atoms with Crippen molar-refractivity contribution in [2.75, 3.05) is 5.32 Å². The molecule has 1 heterocycles. The molecule has 0 saturated heterocycles. The summed E-state index contributed by atoms with van der Waals surface area (Å²) in [5.74, 6) is 0.138. The van der Waals surface area contributed by atoms with Crippen LogP contribution in [0.1, 0.15) is 5.76 Å². The van der Waals surface area contributed by atoms with Crippen molar-refractivity contribution < 1.29 is 9.34 Å².